The number of thiocarbonyl (C=S) groups is 1. The predicted molar refractivity (Wildman–Crippen MR) is 139 cm³/mol. The average Bonchev–Trinajstić information content (AvgIpc) is 2.88. The molecule has 0 aromatic heterocycles. The minimum absolute atomic E-state index is 0.0238. The summed E-state index contributed by atoms with van der Waals surface area (Å²) >= 11 is 5.56. The molecule has 1 aliphatic heterocycles. The zero-order chi connectivity index (χ0) is 24.2. The number of aliphatic imine (C=N–C) groups is 1. The molecule has 1 heterocycles. The molecule has 0 bridgehead atoms. The number of primary sulfonamides is 1. The Bertz CT molecular complexity index is 1160. The fraction of sp³-hybridized carbons (Fsp3) is 0.417. The molecule has 1 atom stereocenters. The molecule has 0 saturated heterocycles. The van der Waals surface area contributed by atoms with Gasteiger partial charge in [-0.05, 0) is 88.5 Å². The van der Waals surface area contributed by atoms with Gasteiger partial charge in [-0.15, -0.1) is 0 Å². The number of ether oxygens (including phenoxy) is 1. The number of nitrogens with zero attached hydrogens (tertiary/aromatic N) is 1. The van der Waals surface area contributed by atoms with E-state index in [1.165, 1.54) is 17.8 Å². The van der Waals surface area contributed by atoms with E-state index in [-0.39, 0.29) is 11.0 Å². The second kappa shape index (κ2) is 10.6. The monoisotopic (exact) mass is 488 g/mol. The molecule has 4 N–H and O–H groups in total. The first-order valence-corrected chi connectivity index (χ1v) is 13.1. The van der Waals surface area contributed by atoms with Crippen LogP contribution < -0.4 is 20.5 Å². The van der Waals surface area contributed by atoms with Gasteiger partial charge >= 0.3 is 0 Å². The highest BCUT2D eigenvalue weighted by molar-refractivity contribution is 7.89. The fourth-order valence-electron chi connectivity index (χ4n) is 3.99. The standard InChI is InChI=1S/C24H32N4O3S2/c1-5-7-17-10-12-19-20(26-16(17)4)8-6-9-21(19)27-24(32)28-22-14-18(33(25,29)30)11-13-23(22)31-15(2)3/h6,8-9,11,13-15,17H,5,7,10,12H2,1-4H3,(H2,25,29,30)(H2,27,28,32). The van der Waals surface area contributed by atoms with Crippen LogP contribution in [-0.2, 0) is 16.4 Å². The number of fused-ring (bicyclic) bond motifs is 1. The van der Waals surface area contributed by atoms with E-state index in [2.05, 4.69) is 24.5 Å². The zero-order valence-electron chi connectivity index (χ0n) is 19.5. The van der Waals surface area contributed by atoms with Crippen molar-refractivity contribution in [1.82, 2.24) is 0 Å². The molecule has 0 aliphatic carbocycles. The number of nitrogens with one attached hydrogen (secondary N) is 2. The van der Waals surface area contributed by atoms with Crippen LogP contribution in [0.5, 0.6) is 5.75 Å². The molecule has 178 valence electrons. The molecule has 1 unspecified atom stereocenters. The topological polar surface area (TPSA) is 106 Å². The van der Waals surface area contributed by atoms with Crippen LogP contribution in [-0.4, -0.2) is 25.3 Å². The molecule has 2 aromatic carbocycles. The summed E-state index contributed by atoms with van der Waals surface area (Å²) in [7, 11) is -3.87. The van der Waals surface area contributed by atoms with Crippen LogP contribution in [0.4, 0.5) is 17.1 Å². The van der Waals surface area contributed by atoms with Crippen LogP contribution in [0.1, 0.15) is 52.5 Å². The van der Waals surface area contributed by atoms with Gasteiger partial charge in [0.1, 0.15) is 5.75 Å². The lowest BCUT2D eigenvalue weighted by molar-refractivity contribution is 0.243. The molecule has 0 fully saturated rings. The van der Waals surface area contributed by atoms with Crippen LogP contribution >= 0.6 is 12.2 Å². The summed E-state index contributed by atoms with van der Waals surface area (Å²) in [5.74, 6) is 0.966. The SMILES string of the molecule is CCCC1CCc2c(cccc2NC(=S)Nc2cc(S(N)(=O)=O)ccc2OC(C)C)N=C1C. The van der Waals surface area contributed by atoms with Crippen molar-refractivity contribution in [3.8, 4) is 5.75 Å². The maximum atomic E-state index is 11.8. The lowest BCUT2D eigenvalue weighted by atomic mass is 9.92. The maximum Gasteiger partial charge on any atom is 0.238 e. The molecule has 7 nitrogen and oxygen atoms in total. The van der Waals surface area contributed by atoms with Gasteiger partial charge in [0.2, 0.25) is 10.0 Å². The van der Waals surface area contributed by atoms with Crippen LogP contribution in [0.3, 0.4) is 0 Å². The molecular formula is C24H32N4O3S2. The smallest absolute Gasteiger partial charge is 0.238 e. The minimum atomic E-state index is -3.87. The van der Waals surface area contributed by atoms with E-state index in [1.54, 1.807) is 6.07 Å². The second-order valence-corrected chi connectivity index (χ2v) is 10.5. The Morgan fingerprint density at radius 2 is 1.97 bits per heavy atom. The molecule has 0 saturated carbocycles. The number of hydrogen-bond acceptors (Lipinski definition) is 5. The number of anilines is 2. The molecular weight excluding hydrogens is 456 g/mol. The highest BCUT2D eigenvalue weighted by Gasteiger charge is 2.20. The number of hydrogen-bond donors (Lipinski definition) is 3. The third-order valence-corrected chi connectivity index (χ3v) is 6.67. The summed E-state index contributed by atoms with van der Waals surface area (Å²) < 4.78 is 29.5. The van der Waals surface area contributed by atoms with Gasteiger partial charge in [0.05, 0.1) is 22.4 Å². The van der Waals surface area contributed by atoms with Crippen molar-refractivity contribution >= 4 is 50.1 Å². The molecule has 2 aromatic rings. The number of rotatable bonds is 7. The van der Waals surface area contributed by atoms with Gasteiger partial charge in [-0.2, -0.15) is 0 Å². The van der Waals surface area contributed by atoms with Crippen LogP contribution in [0.15, 0.2) is 46.3 Å². The van der Waals surface area contributed by atoms with E-state index in [1.807, 2.05) is 32.0 Å². The van der Waals surface area contributed by atoms with E-state index >= 15 is 0 Å². The highest BCUT2D eigenvalue weighted by Crippen LogP contribution is 2.34. The Kier molecular flexibility index (Phi) is 8.10. The fourth-order valence-corrected chi connectivity index (χ4v) is 4.75. The van der Waals surface area contributed by atoms with Crippen molar-refractivity contribution in [2.75, 3.05) is 10.6 Å². The zero-order valence-corrected chi connectivity index (χ0v) is 21.1. The van der Waals surface area contributed by atoms with Crippen LogP contribution in [0, 0.1) is 5.92 Å². The highest BCUT2D eigenvalue weighted by atomic mass is 32.2. The largest absolute Gasteiger partial charge is 0.489 e. The van der Waals surface area contributed by atoms with Gasteiger partial charge in [-0.1, -0.05) is 19.4 Å². The second-order valence-electron chi connectivity index (χ2n) is 8.53. The van der Waals surface area contributed by atoms with Gasteiger partial charge in [-0.3, -0.25) is 4.99 Å². The van der Waals surface area contributed by atoms with Crippen molar-refractivity contribution in [3.05, 3.63) is 42.0 Å². The lowest BCUT2D eigenvalue weighted by Crippen LogP contribution is -2.21. The first kappa shape index (κ1) is 25.1. The third kappa shape index (κ3) is 6.52. The molecule has 9 heteroatoms. The Morgan fingerprint density at radius 1 is 1.24 bits per heavy atom. The summed E-state index contributed by atoms with van der Waals surface area (Å²) in [6.45, 7) is 8.09. The molecule has 1 aliphatic rings. The minimum Gasteiger partial charge on any atom is -0.489 e. The van der Waals surface area contributed by atoms with Gasteiger partial charge < -0.3 is 15.4 Å². The summed E-state index contributed by atoms with van der Waals surface area (Å²) in [4.78, 5) is 4.87. The first-order valence-electron chi connectivity index (χ1n) is 11.2. The Hall–Kier alpha value is -2.49. The lowest BCUT2D eigenvalue weighted by Gasteiger charge is -2.19. The Morgan fingerprint density at radius 3 is 2.64 bits per heavy atom. The average molecular weight is 489 g/mol. The van der Waals surface area contributed by atoms with Crippen molar-refractivity contribution in [2.45, 2.75) is 64.4 Å². The molecule has 33 heavy (non-hydrogen) atoms. The van der Waals surface area contributed by atoms with E-state index in [0.717, 1.165) is 42.6 Å². The third-order valence-electron chi connectivity index (χ3n) is 5.56. The van der Waals surface area contributed by atoms with E-state index in [9.17, 15) is 8.42 Å². The van der Waals surface area contributed by atoms with Gasteiger partial charge in [0.25, 0.3) is 0 Å². The van der Waals surface area contributed by atoms with Crippen molar-refractivity contribution < 1.29 is 13.2 Å². The first-order chi connectivity index (χ1) is 15.6. The Balaban J connectivity index is 1.85. The van der Waals surface area contributed by atoms with Crippen molar-refractivity contribution in [3.63, 3.8) is 0 Å². The predicted octanol–water partition coefficient (Wildman–Crippen LogP) is 5.39. The van der Waals surface area contributed by atoms with Crippen molar-refractivity contribution in [2.24, 2.45) is 16.0 Å². The normalized spacial score (nSPS) is 15.9. The quantitative estimate of drug-likeness (QED) is 0.452. The van der Waals surface area contributed by atoms with E-state index in [0.29, 0.717) is 22.5 Å². The molecule has 0 radical (unpaired) electrons. The molecule has 0 amide bonds. The van der Waals surface area contributed by atoms with Crippen molar-refractivity contribution in [1.29, 1.82) is 0 Å². The van der Waals surface area contributed by atoms with Gasteiger partial charge in [-0.25, -0.2) is 13.6 Å². The van der Waals surface area contributed by atoms with E-state index in [4.69, 9.17) is 27.1 Å². The van der Waals surface area contributed by atoms with Crippen LogP contribution in [0.2, 0.25) is 0 Å². The number of benzene rings is 2. The Labute approximate surface area is 201 Å². The summed E-state index contributed by atoms with van der Waals surface area (Å²) in [6, 6.07) is 10.4. The summed E-state index contributed by atoms with van der Waals surface area (Å²) in [5.41, 5.74) is 4.55. The van der Waals surface area contributed by atoms with Gasteiger partial charge in [0.15, 0.2) is 5.11 Å². The summed E-state index contributed by atoms with van der Waals surface area (Å²) in [5, 5.41) is 12.0. The number of nitrogens with two attached hydrogens (primary N) is 1. The molecule has 3 rings (SSSR count). The van der Waals surface area contributed by atoms with Crippen LogP contribution in [0.25, 0.3) is 0 Å². The number of sulfonamides is 1. The molecule has 0 spiro atoms. The summed E-state index contributed by atoms with van der Waals surface area (Å²) in [6.07, 6.45) is 4.10. The van der Waals surface area contributed by atoms with Gasteiger partial charge in [0, 0.05) is 17.0 Å². The maximum absolute atomic E-state index is 11.8. The van der Waals surface area contributed by atoms with E-state index < -0.39 is 10.0 Å².